The minimum Gasteiger partial charge on any atom is -0.497 e. The summed E-state index contributed by atoms with van der Waals surface area (Å²) in [7, 11) is 1.62. The van der Waals surface area contributed by atoms with Crippen molar-refractivity contribution in [3.8, 4) is 5.75 Å². The minimum absolute atomic E-state index is 0.0864. The van der Waals surface area contributed by atoms with E-state index in [0.29, 0.717) is 11.3 Å². The van der Waals surface area contributed by atoms with Crippen molar-refractivity contribution in [2.24, 2.45) is 0 Å². The van der Waals surface area contributed by atoms with Crippen LogP contribution in [0, 0.1) is 0 Å². The standard InChI is InChI=1S/C17H21N3O2/c1-11(2)19-17(21)12-7-8-16(15(18)9-12)20-13-5-4-6-14(10-13)22-3/h4-11,20H,18H2,1-3H3,(H,19,21). The Bertz CT molecular complexity index is 669. The number of carbonyl (C=O) groups is 1. The molecule has 0 aliphatic rings. The van der Waals surface area contributed by atoms with Gasteiger partial charge < -0.3 is 21.1 Å². The summed E-state index contributed by atoms with van der Waals surface area (Å²) < 4.78 is 5.19. The molecule has 116 valence electrons. The molecule has 0 saturated carbocycles. The molecule has 5 heteroatoms. The second-order valence-electron chi connectivity index (χ2n) is 5.29. The van der Waals surface area contributed by atoms with E-state index < -0.39 is 0 Å². The maximum atomic E-state index is 12.0. The van der Waals surface area contributed by atoms with Crippen molar-refractivity contribution in [3.05, 3.63) is 48.0 Å². The van der Waals surface area contributed by atoms with Gasteiger partial charge >= 0.3 is 0 Å². The summed E-state index contributed by atoms with van der Waals surface area (Å²) in [6.07, 6.45) is 0. The van der Waals surface area contributed by atoms with Gasteiger partial charge in [0.15, 0.2) is 0 Å². The summed E-state index contributed by atoms with van der Waals surface area (Å²) in [6, 6.07) is 12.8. The summed E-state index contributed by atoms with van der Waals surface area (Å²) in [5, 5.41) is 6.06. The fraction of sp³-hybridized carbons (Fsp3) is 0.235. The number of nitrogens with two attached hydrogens (primary N) is 1. The van der Waals surface area contributed by atoms with Crippen molar-refractivity contribution in [2.45, 2.75) is 19.9 Å². The van der Waals surface area contributed by atoms with E-state index in [9.17, 15) is 4.79 Å². The second kappa shape index (κ2) is 6.85. The molecule has 0 aromatic heterocycles. The number of carbonyl (C=O) groups excluding carboxylic acids is 1. The number of anilines is 3. The SMILES string of the molecule is COc1cccc(Nc2ccc(C(=O)NC(C)C)cc2N)c1. The zero-order valence-corrected chi connectivity index (χ0v) is 13.0. The number of benzene rings is 2. The lowest BCUT2D eigenvalue weighted by atomic mass is 10.1. The number of nitrogen functional groups attached to an aromatic ring is 1. The Hall–Kier alpha value is -2.69. The number of hydrogen-bond donors (Lipinski definition) is 3. The molecular formula is C17H21N3O2. The van der Waals surface area contributed by atoms with E-state index in [4.69, 9.17) is 10.5 Å². The van der Waals surface area contributed by atoms with Crippen LogP contribution in [0.4, 0.5) is 17.1 Å². The monoisotopic (exact) mass is 299 g/mol. The van der Waals surface area contributed by atoms with Gasteiger partial charge in [0.25, 0.3) is 5.91 Å². The largest absolute Gasteiger partial charge is 0.497 e. The van der Waals surface area contributed by atoms with E-state index in [-0.39, 0.29) is 11.9 Å². The van der Waals surface area contributed by atoms with Gasteiger partial charge in [-0.25, -0.2) is 0 Å². The van der Waals surface area contributed by atoms with Gasteiger partial charge in [-0.3, -0.25) is 4.79 Å². The molecule has 2 rings (SSSR count). The number of hydrogen-bond acceptors (Lipinski definition) is 4. The normalized spacial score (nSPS) is 10.4. The van der Waals surface area contributed by atoms with E-state index in [1.54, 1.807) is 25.3 Å². The molecule has 0 radical (unpaired) electrons. The first-order chi connectivity index (χ1) is 10.5. The molecule has 2 aromatic carbocycles. The molecule has 0 unspecified atom stereocenters. The molecule has 0 fully saturated rings. The van der Waals surface area contributed by atoms with Crippen LogP contribution in [0.15, 0.2) is 42.5 Å². The Morgan fingerprint density at radius 3 is 2.59 bits per heavy atom. The van der Waals surface area contributed by atoms with Crippen molar-refractivity contribution in [1.82, 2.24) is 5.32 Å². The number of rotatable bonds is 5. The summed E-state index contributed by atoms with van der Waals surface area (Å²) >= 11 is 0. The van der Waals surface area contributed by atoms with Gasteiger partial charge in [0, 0.05) is 23.4 Å². The zero-order chi connectivity index (χ0) is 16.1. The molecule has 0 aliphatic carbocycles. The quantitative estimate of drug-likeness (QED) is 0.741. The first-order valence-corrected chi connectivity index (χ1v) is 7.11. The summed E-state index contributed by atoms with van der Waals surface area (Å²) in [5.41, 5.74) is 8.70. The van der Waals surface area contributed by atoms with Gasteiger partial charge in [0.1, 0.15) is 5.75 Å². The highest BCUT2D eigenvalue weighted by Crippen LogP contribution is 2.26. The van der Waals surface area contributed by atoms with Gasteiger partial charge in [0.05, 0.1) is 18.5 Å². The zero-order valence-electron chi connectivity index (χ0n) is 13.0. The van der Waals surface area contributed by atoms with Gasteiger partial charge in [-0.05, 0) is 44.2 Å². The van der Waals surface area contributed by atoms with E-state index >= 15 is 0 Å². The van der Waals surface area contributed by atoms with Crippen LogP contribution in [0.2, 0.25) is 0 Å². The van der Waals surface area contributed by atoms with Crippen LogP contribution in [-0.2, 0) is 0 Å². The van der Waals surface area contributed by atoms with Gasteiger partial charge in [0.2, 0.25) is 0 Å². The third-order valence-corrected chi connectivity index (χ3v) is 3.08. The van der Waals surface area contributed by atoms with Crippen molar-refractivity contribution in [1.29, 1.82) is 0 Å². The number of amides is 1. The van der Waals surface area contributed by atoms with Crippen LogP contribution < -0.4 is 21.1 Å². The maximum absolute atomic E-state index is 12.0. The van der Waals surface area contributed by atoms with Crippen molar-refractivity contribution in [3.63, 3.8) is 0 Å². The summed E-state index contributed by atoms with van der Waals surface area (Å²) in [4.78, 5) is 12.0. The lowest BCUT2D eigenvalue weighted by molar-refractivity contribution is 0.0943. The average Bonchev–Trinajstić information content (AvgIpc) is 2.48. The Morgan fingerprint density at radius 1 is 1.18 bits per heavy atom. The predicted molar refractivity (Wildman–Crippen MR) is 89.7 cm³/mol. The van der Waals surface area contributed by atoms with Gasteiger partial charge in [-0.1, -0.05) is 6.07 Å². The molecule has 0 spiro atoms. The van der Waals surface area contributed by atoms with Crippen LogP contribution in [-0.4, -0.2) is 19.1 Å². The molecule has 0 saturated heterocycles. The van der Waals surface area contributed by atoms with Crippen LogP contribution in [0.1, 0.15) is 24.2 Å². The third-order valence-electron chi connectivity index (χ3n) is 3.08. The van der Waals surface area contributed by atoms with E-state index in [1.165, 1.54) is 0 Å². The molecule has 0 aliphatic heterocycles. The second-order valence-corrected chi connectivity index (χ2v) is 5.29. The van der Waals surface area contributed by atoms with Crippen LogP contribution in [0.3, 0.4) is 0 Å². The van der Waals surface area contributed by atoms with Crippen LogP contribution in [0.5, 0.6) is 5.75 Å². The lowest BCUT2D eigenvalue weighted by Gasteiger charge is -2.13. The smallest absolute Gasteiger partial charge is 0.251 e. The lowest BCUT2D eigenvalue weighted by Crippen LogP contribution is -2.30. The maximum Gasteiger partial charge on any atom is 0.251 e. The molecule has 1 amide bonds. The first kappa shape index (κ1) is 15.7. The minimum atomic E-state index is -0.130. The van der Waals surface area contributed by atoms with E-state index in [2.05, 4.69) is 10.6 Å². The number of ether oxygens (including phenoxy) is 1. The molecule has 4 N–H and O–H groups in total. The molecule has 0 bridgehead atoms. The van der Waals surface area contributed by atoms with Crippen molar-refractivity contribution >= 4 is 23.0 Å². The van der Waals surface area contributed by atoms with E-state index in [1.807, 2.05) is 38.1 Å². The first-order valence-electron chi connectivity index (χ1n) is 7.11. The molecule has 2 aromatic rings. The molecule has 0 atom stereocenters. The van der Waals surface area contributed by atoms with Gasteiger partial charge in [-0.15, -0.1) is 0 Å². The molecule has 0 heterocycles. The highest BCUT2D eigenvalue weighted by molar-refractivity contribution is 5.96. The third kappa shape index (κ3) is 3.91. The van der Waals surface area contributed by atoms with E-state index in [0.717, 1.165) is 17.1 Å². The van der Waals surface area contributed by atoms with Crippen molar-refractivity contribution in [2.75, 3.05) is 18.2 Å². The Morgan fingerprint density at radius 2 is 1.95 bits per heavy atom. The summed E-state index contributed by atoms with van der Waals surface area (Å²) in [6.45, 7) is 3.83. The Balaban J connectivity index is 2.17. The predicted octanol–water partition coefficient (Wildman–Crippen LogP) is 3.16. The topological polar surface area (TPSA) is 76.4 Å². The molecule has 22 heavy (non-hydrogen) atoms. The highest BCUT2D eigenvalue weighted by Gasteiger charge is 2.09. The fourth-order valence-corrected chi connectivity index (χ4v) is 2.02. The fourth-order valence-electron chi connectivity index (χ4n) is 2.02. The highest BCUT2D eigenvalue weighted by atomic mass is 16.5. The Kier molecular flexibility index (Phi) is 4.88. The van der Waals surface area contributed by atoms with Crippen LogP contribution >= 0.6 is 0 Å². The number of methoxy groups -OCH3 is 1. The molecular weight excluding hydrogens is 278 g/mol. The van der Waals surface area contributed by atoms with Crippen LogP contribution in [0.25, 0.3) is 0 Å². The van der Waals surface area contributed by atoms with Crippen molar-refractivity contribution < 1.29 is 9.53 Å². The molecule has 5 nitrogen and oxygen atoms in total. The number of nitrogens with one attached hydrogen (secondary N) is 2. The summed E-state index contributed by atoms with van der Waals surface area (Å²) in [5.74, 6) is 0.631. The van der Waals surface area contributed by atoms with Gasteiger partial charge in [-0.2, -0.15) is 0 Å². The average molecular weight is 299 g/mol. The Labute approximate surface area is 130 Å².